The molecular weight excluding hydrogens is 487 g/mol. The fourth-order valence-corrected chi connectivity index (χ4v) is 4.43. The molecule has 0 aliphatic heterocycles. The van der Waals surface area contributed by atoms with Crippen molar-refractivity contribution in [2.75, 3.05) is 16.6 Å². The van der Waals surface area contributed by atoms with Crippen LogP contribution in [0.15, 0.2) is 41.3 Å². The monoisotopic (exact) mass is 515 g/mol. The summed E-state index contributed by atoms with van der Waals surface area (Å²) in [6.45, 7) is 7.77. The zero-order valence-corrected chi connectivity index (χ0v) is 20.7. The van der Waals surface area contributed by atoms with Crippen LogP contribution in [0.4, 0.5) is 24.5 Å². The summed E-state index contributed by atoms with van der Waals surface area (Å²) in [5.41, 5.74) is -1.06. The standard InChI is InChI=1S/C23H28F3N3O5S/c1-6-34-19-12-16(28-22(31)21(13(2)3)27-15(5)30)9-10-20(19)35(32,33)29-17-8-7-14(4)18(11-17)23(24,25)26/h7-13,21,29H,6H2,1-5H3,(H,27,30)(H,28,31)/t21-/m0/s1. The van der Waals surface area contributed by atoms with Crippen LogP contribution in [0.25, 0.3) is 0 Å². The number of sulfonamides is 1. The third-order valence-electron chi connectivity index (χ3n) is 4.90. The Balaban J connectivity index is 2.37. The number of aryl methyl sites for hydroxylation is 1. The molecule has 0 spiro atoms. The Morgan fingerprint density at radius 2 is 1.69 bits per heavy atom. The molecule has 0 aliphatic rings. The van der Waals surface area contributed by atoms with Gasteiger partial charge in [-0.3, -0.25) is 14.3 Å². The minimum absolute atomic E-state index is 0.0467. The van der Waals surface area contributed by atoms with Gasteiger partial charge < -0.3 is 15.4 Å². The Bertz CT molecular complexity index is 1200. The minimum Gasteiger partial charge on any atom is -0.492 e. The predicted molar refractivity (Wildman–Crippen MR) is 126 cm³/mol. The van der Waals surface area contributed by atoms with Gasteiger partial charge in [0.05, 0.1) is 12.2 Å². The van der Waals surface area contributed by atoms with Crippen molar-refractivity contribution in [2.45, 2.75) is 51.7 Å². The first-order chi connectivity index (χ1) is 16.2. The van der Waals surface area contributed by atoms with E-state index in [1.54, 1.807) is 20.8 Å². The maximum atomic E-state index is 13.2. The van der Waals surface area contributed by atoms with Crippen molar-refractivity contribution in [1.29, 1.82) is 0 Å². The molecule has 0 aromatic heterocycles. The lowest BCUT2D eigenvalue weighted by atomic mass is 10.0. The second-order valence-corrected chi connectivity index (χ2v) is 9.79. The van der Waals surface area contributed by atoms with Crippen LogP contribution in [-0.4, -0.2) is 32.9 Å². The largest absolute Gasteiger partial charge is 0.492 e. The molecule has 8 nitrogen and oxygen atoms in total. The third kappa shape index (κ3) is 7.35. The Morgan fingerprint density at radius 3 is 2.23 bits per heavy atom. The predicted octanol–water partition coefficient (Wildman–Crippen LogP) is 4.31. The number of alkyl halides is 3. The van der Waals surface area contributed by atoms with Gasteiger partial charge in [-0.15, -0.1) is 0 Å². The van der Waals surface area contributed by atoms with Gasteiger partial charge in [-0.05, 0) is 49.6 Å². The van der Waals surface area contributed by atoms with Crippen molar-refractivity contribution in [3.05, 3.63) is 47.5 Å². The number of nitrogens with one attached hydrogen (secondary N) is 3. The number of carbonyl (C=O) groups is 2. The molecule has 2 aromatic carbocycles. The smallest absolute Gasteiger partial charge is 0.416 e. The summed E-state index contributed by atoms with van der Waals surface area (Å²) in [6.07, 6.45) is -4.65. The number of anilines is 2. The van der Waals surface area contributed by atoms with Crippen molar-refractivity contribution in [1.82, 2.24) is 5.32 Å². The van der Waals surface area contributed by atoms with Gasteiger partial charge in [-0.1, -0.05) is 19.9 Å². The van der Waals surface area contributed by atoms with E-state index < -0.39 is 33.7 Å². The fourth-order valence-electron chi connectivity index (χ4n) is 3.25. The minimum atomic E-state index is -4.65. The Labute approximate surface area is 202 Å². The molecule has 0 aliphatic carbocycles. The third-order valence-corrected chi connectivity index (χ3v) is 6.32. The second-order valence-electron chi connectivity index (χ2n) is 8.14. The molecule has 0 saturated heterocycles. The molecule has 192 valence electrons. The van der Waals surface area contributed by atoms with Gasteiger partial charge >= 0.3 is 6.18 Å². The molecular formula is C23H28F3N3O5S. The van der Waals surface area contributed by atoms with Crippen molar-refractivity contribution < 1.29 is 35.9 Å². The van der Waals surface area contributed by atoms with E-state index in [9.17, 15) is 31.2 Å². The lowest BCUT2D eigenvalue weighted by molar-refractivity contribution is -0.138. The molecule has 0 saturated carbocycles. The van der Waals surface area contributed by atoms with E-state index >= 15 is 0 Å². The van der Waals surface area contributed by atoms with Gasteiger partial charge in [0.1, 0.15) is 16.7 Å². The second kappa shape index (κ2) is 11.0. The SMILES string of the molecule is CCOc1cc(NC(=O)[C@@H](NC(C)=O)C(C)C)ccc1S(=O)(=O)Nc1ccc(C)c(C(F)(F)F)c1. The molecule has 12 heteroatoms. The first-order valence-electron chi connectivity index (χ1n) is 10.7. The van der Waals surface area contributed by atoms with Crippen LogP contribution in [0, 0.1) is 12.8 Å². The molecule has 0 bridgehead atoms. The van der Waals surface area contributed by atoms with Gasteiger partial charge in [0, 0.05) is 24.4 Å². The van der Waals surface area contributed by atoms with Gasteiger partial charge in [0.15, 0.2) is 0 Å². The van der Waals surface area contributed by atoms with Crippen LogP contribution in [-0.2, 0) is 25.8 Å². The molecule has 0 unspecified atom stereocenters. The highest BCUT2D eigenvalue weighted by molar-refractivity contribution is 7.92. The maximum Gasteiger partial charge on any atom is 0.416 e. The number of halogens is 3. The van der Waals surface area contributed by atoms with Gasteiger partial charge in [-0.25, -0.2) is 8.42 Å². The highest BCUT2D eigenvalue weighted by atomic mass is 32.2. The molecule has 1 atom stereocenters. The van der Waals surface area contributed by atoms with Crippen LogP contribution in [0.3, 0.4) is 0 Å². The summed E-state index contributed by atoms with van der Waals surface area (Å²) in [6, 6.07) is 6.07. The quantitative estimate of drug-likeness (QED) is 0.461. The number of rotatable bonds is 9. The summed E-state index contributed by atoms with van der Waals surface area (Å²) in [5.74, 6) is -1.22. The number of ether oxygens (including phenoxy) is 1. The van der Waals surface area contributed by atoms with Crippen molar-refractivity contribution in [3.63, 3.8) is 0 Å². The van der Waals surface area contributed by atoms with E-state index in [0.717, 1.165) is 6.07 Å². The molecule has 0 fully saturated rings. The molecule has 0 heterocycles. The average Bonchev–Trinajstić information content (AvgIpc) is 2.72. The van der Waals surface area contributed by atoms with Crippen molar-refractivity contribution in [3.8, 4) is 5.75 Å². The number of amides is 2. The summed E-state index contributed by atoms with van der Waals surface area (Å²) in [5, 5.41) is 5.17. The highest BCUT2D eigenvalue weighted by Gasteiger charge is 2.33. The first kappa shape index (κ1) is 28.0. The van der Waals surface area contributed by atoms with E-state index in [0.29, 0.717) is 0 Å². The van der Waals surface area contributed by atoms with Gasteiger partial charge in [-0.2, -0.15) is 13.2 Å². The maximum absolute atomic E-state index is 13.2. The van der Waals surface area contributed by atoms with Gasteiger partial charge in [0.2, 0.25) is 11.8 Å². The molecule has 3 N–H and O–H groups in total. The highest BCUT2D eigenvalue weighted by Crippen LogP contribution is 2.35. The summed E-state index contributed by atoms with van der Waals surface area (Å²) in [4.78, 5) is 23.7. The summed E-state index contributed by atoms with van der Waals surface area (Å²) < 4.78 is 73.2. The molecule has 2 rings (SSSR count). The lowest BCUT2D eigenvalue weighted by Crippen LogP contribution is -2.46. The Morgan fingerprint density at radius 1 is 1.06 bits per heavy atom. The van der Waals surface area contributed by atoms with Crippen molar-refractivity contribution in [2.24, 2.45) is 5.92 Å². The zero-order valence-electron chi connectivity index (χ0n) is 19.9. The van der Waals surface area contributed by atoms with E-state index in [-0.39, 0.29) is 46.0 Å². The van der Waals surface area contributed by atoms with Crippen LogP contribution in [0.5, 0.6) is 5.75 Å². The molecule has 35 heavy (non-hydrogen) atoms. The van der Waals surface area contributed by atoms with Crippen LogP contribution >= 0.6 is 0 Å². The van der Waals surface area contributed by atoms with Crippen LogP contribution < -0.4 is 20.1 Å². The fraction of sp³-hybridized carbons (Fsp3) is 0.391. The zero-order chi connectivity index (χ0) is 26.6. The van der Waals surface area contributed by atoms with Crippen LogP contribution in [0.2, 0.25) is 0 Å². The normalized spacial score (nSPS) is 12.7. The first-order valence-corrected chi connectivity index (χ1v) is 12.2. The topological polar surface area (TPSA) is 114 Å². The number of carbonyl (C=O) groups excluding carboxylic acids is 2. The van der Waals surface area contributed by atoms with E-state index in [1.165, 1.54) is 44.2 Å². The molecule has 2 aromatic rings. The molecule has 0 radical (unpaired) electrons. The van der Waals surface area contributed by atoms with E-state index in [1.807, 2.05) is 0 Å². The van der Waals surface area contributed by atoms with Crippen molar-refractivity contribution >= 4 is 33.2 Å². The number of benzene rings is 2. The van der Waals surface area contributed by atoms with Crippen LogP contribution in [0.1, 0.15) is 38.8 Å². The Kier molecular flexibility index (Phi) is 8.77. The van der Waals surface area contributed by atoms with Gasteiger partial charge in [0.25, 0.3) is 10.0 Å². The molecule has 2 amide bonds. The number of hydrogen-bond acceptors (Lipinski definition) is 5. The lowest BCUT2D eigenvalue weighted by Gasteiger charge is -2.21. The summed E-state index contributed by atoms with van der Waals surface area (Å²) >= 11 is 0. The summed E-state index contributed by atoms with van der Waals surface area (Å²) in [7, 11) is -4.34. The number of hydrogen-bond donors (Lipinski definition) is 3. The average molecular weight is 516 g/mol. The van der Waals surface area contributed by atoms with E-state index in [2.05, 4.69) is 15.4 Å². The van der Waals surface area contributed by atoms with E-state index in [4.69, 9.17) is 4.74 Å². The Hall–Kier alpha value is -3.28.